The molecule has 0 aromatic heterocycles. The number of rotatable bonds is 4. The molecule has 0 unspecified atom stereocenters. The third kappa shape index (κ3) is 4.24. The standard InChI is InChI=1S/C13H16FNO4/c1-7(2)19-12(16)6-18-13(17)9-4-10(14)8(3)11(15)5-9/h4-5,7H,6,15H2,1-3H3. The maximum absolute atomic E-state index is 13.4. The summed E-state index contributed by atoms with van der Waals surface area (Å²) in [6.07, 6.45) is -0.293. The number of anilines is 1. The van der Waals surface area contributed by atoms with Crippen LogP contribution in [0, 0.1) is 12.7 Å². The van der Waals surface area contributed by atoms with Gasteiger partial charge >= 0.3 is 11.9 Å². The van der Waals surface area contributed by atoms with Gasteiger partial charge in [-0.3, -0.25) is 0 Å². The van der Waals surface area contributed by atoms with E-state index in [0.29, 0.717) is 0 Å². The monoisotopic (exact) mass is 269 g/mol. The number of hydrogen-bond donors (Lipinski definition) is 1. The highest BCUT2D eigenvalue weighted by molar-refractivity contribution is 5.92. The van der Waals surface area contributed by atoms with Gasteiger partial charge in [-0.1, -0.05) is 0 Å². The van der Waals surface area contributed by atoms with Gasteiger partial charge in [0.25, 0.3) is 0 Å². The maximum atomic E-state index is 13.4. The second-order valence-corrected chi connectivity index (χ2v) is 4.29. The quantitative estimate of drug-likeness (QED) is 0.666. The first-order valence-electron chi connectivity index (χ1n) is 5.73. The van der Waals surface area contributed by atoms with Crippen molar-refractivity contribution < 1.29 is 23.5 Å². The third-order valence-corrected chi connectivity index (χ3v) is 2.31. The van der Waals surface area contributed by atoms with E-state index in [-0.39, 0.29) is 22.9 Å². The lowest BCUT2D eigenvalue weighted by Gasteiger charge is -2.09. The van der Waals surface area contributed by atoms with Gasteiger partial charge in [0.05, 0.1) is 11.7 Å². The van der Waals surface area contributed by atoms with Gasteiger partial charge in [0.1, 0.15) is 5.82 Å². The summed E-state index contributed by atoms with van der Waals surface area (Å²) in [6.45, 7) is 4.33. The number of nitrogens with two attached hydrogens (primary N) is 1. The maximum Gasteiger partial charge on any atom is 0.344 e. The van der Waals surface area contributed by atoms with E-state index in [1.807, 2.05) is 0 Å². The Morgan fingerprint density at radius 2 is 2.00 bits per heavy atom. The van der Waals surface area contributed by atoms with Crippen LogP contribution >= 0.6 is 0 Å². The van der Waals surface area contributed by atoms with Crippen molar-refractivity contribution in [1.82, 2.24) is 0 Å². The van der Waals surface area contributed by atoms with Gasteiger partial charge in [-0.05, 0) is 32.9 Å². The first-order chi connectivity index (χ1) is 8.81. The Bertz CT molecular complexity index is 476. The fourth-order valence-electron chi connectivity index (χ4n) is 1.32. The van der Waals surface area contributed by atoms with Crippen molar-refractivity contribution in [3.05, 3.63) is 29.1 Å². The molecule has 0 aliphatic carbocycles. The van der Waals surface area contributed by atoms with E-state index >= 15 is 0 Å². The zero-order valence-electron chi connectivity index (χ0n) is 11.0. The molecule has 1 aromatic carbocycles. The Labute approximate surface area is 110 Å². The number of carbonyl (C=O) groups is 2. The van der Waals surface area contributed by atoms with Crippen LogP contribution in [-0.2, 0) is 14.3 Å². The van der Waals surface area contributed by atoms with Crippen molar-refractivity contribution in [1.29, 1.82) is 0 Å². The third-order valence-electron chi connectivity index (χ3n) is 2.31. The van der Waals surface area contributed by atoms with E-state index in [1.165, 1.54) is 13.0 Å². The molecule has 0 heterocycles. The summed E-state index contributed by atoms with van der Waals surface area (Å²) in [5.41, 5.74) is 5.91. The highest BCUT2D eigenvalue weighted by atomic mass is 19.1. The molecule has 1 rings (SSSR count). The predicted octanol–water partition coefficient (Wildman–Crippen LogP) is 1.82. The molecule has 6 heteroatoms. The van der Waals surface area contributed by atoms with E-state index in [0.717, 1.165) is 6.07 Å². The van der Waals surface area contributed by atoms with Crippen LogP contribution in [0.25, 0.3) is 0 Å². The predicted molar refractivity (Wildman–Crippen MR) is 67.1 cm³/mol. The largest absolute Gasteiger partial charge is 0.460 e. The number of esters is 2. The van der Waals surface area contributed by atoms with E-state index < -0.39 is 24.4 Å². The molecule has 1 aromatic rings. The summed E-state index contributed by atoms with van der Waals surface area (Å²) >= 11 is 0. The van der Waals surface area contributed by atoms with Crippen LogP contribution in [0.5, 0.6) is 0 Å². The molecule has 0 bridgehead atoms. The Morgan fingerprint density at radius 1 is 1.37 bits per heavy atom. The minimum atomic E-state index is -0.827. The average molecular weight is 269 g/mol. The van der Waals surface area contributed by atoms with Crippen LogP contribution in [0.4, 0.5) is 10.1 Å². The number of ether oxygens (including phenoxy) is 2. The van der Waals surface area contributed by atoms with Gasteiger partial charge in [-0.2, -0.15) is 0 Å². The van der Waals surface area contributed by atoms with Crippen LogP contribution in [0.3, 0.4) is 0 Å². The molecule has 0 saturated heterocycles. The topological polar surface area (TPSA) is 78.6 Å². The smallest absolute Gasteiger partial charge is 0.344 e. The number of hydrogen-bond acceptors (Lipinski definition) is 5. The highest BCUT2D eigenvalue weighted by Crippen LogP contribution is 2.18. The number of benzene rings is 1. The van der Waals surface area contributed by atoms with Gasteiger partial charge in [-0.15, -0.1) is 0 Å². The lowest BCUT2D eigenvalue weighted by molar-refractivity contribution is -0.150. The average Bonchev–Trinajstić information content (AvgIpc) is 2.31. The van der Waals surface area contributed by atoms with Crippen LogP contribution < -0.4 is 5.73 Å². The molecule has 0 aliphatic heterocycles. The highest BCUT2D eigenvalue weighted by Gasteiger charge is 2.15. The van der Waals surface area contributed by atoms with Gasteiger partial charge in [0.2, 0.25) is 0 Å². The molecule has 0 radical (unpaired) electrons. The Balaban J connectivity index is 2.67. The van der Waals surface area contributed by atoms with E-state index in [9.17, 15) is 14.0 Å². The minimum absolute atomic E-state index is 0.0436. The van der Waals surface area contributed by atoms with Gasteiger partial charge in [-0.25, -0.2) is 14.0 Å². The van der Waals surface area contributed by atoms with Crippen molar-refractivity contribution in [3.63, 3.8) is 0 Å². The van der Waals surface area contributed by atoms with Crippen molar-refractivity contribution in [2.45, 2.75) is 26.9 Å². The number of halogens is 1. The first-order valence-corrected chi connectivity index (χ1v) is 5.73. The molecule has 0 aliphatic rings. The van der Waals surface area contributed by atoms with Gasteiger partial charge < -0.3 is 15.2 Å². The molecule has 0 atom stereocenters. The summed E-state index contributed by atoms with van der Waals surface area (Å²) in [5, 5.41) is 0. The molecule has 0 fully saturated rings. The Morgan fingerprint density at radius 3 is 2.53 bits per heavy atom. The molecule has 0 saturated carbocycles. The van der Waals surface area contributed by atoms with Crippen molar-refractivity contribution in [2.24, 2.45) is 0 Å². The second-order valence-electron chi connectivity index (χ2n) is 4.29. The van der Waals surface area contributed by atoms with E-state index in [1.54, 1.807) is 13.8 Å². The molecular formula is C13H16FNO4. The fourth-order valence-corrected chi connectivity index (χ4v) is 1.32. The summed E-state index contributed by atoms with van der Waals surface area (Å²) in [6, 6.07) is 2.32. The zero-order chi connectivity index (χ0) is 14.6. The Kier molecular flexibility index (Phi) is 4.86. The molecule has 19 heavy (non-hydrogen) atoms. The van der Waals surface area contributed by atoms with Gasteiger partial charge in [0.15, 0.2) is 6.61 Å². The molecule has 0 amide bonds. The molecule has 104 valence electrons. The lowest BCUT2D eigenvalue weighted by Crippen LogP contribution is -2.19. The zero-order valence-corrected chi connectivity index (χ0v) is 11.0. The summed E-state index contributed by atoms with van der Waals surface area (Å²) in [5.74, 6) is -2.09. The molecule has 0 spiro atoms. The van der Waals surface area contributed by atoms with Crippen LogP contribution in [0.2, 0.25) is 0 Å². The van der Waals surface area contributed by atoms with Gasteiger partial charge in [0, 0.05) is 11.3 Å². The molecule has 2 N–H and O–H groups in total. The lowest BCUT2D eigenvalue weighted by atomic mass is 10.1. The SMILES string of the molecule is Cc1c(N)cc(C(=O)OCC(=O)OC(C)C)cc1F. The first kappa shape index (κ1) is 14.9. The van der Waals surface area contributed by atoms with Crippen molar-refractivity contribution >= 4 is 17.6 Å². The van der Waals surface area contributed by atoms with Crippen molar-refractivity contribution in [3.8, 4) is 0 Å². The number of carbonyl (C=O) groups excluding carboxylic acids is 2. The van der Waals surface area contributed by atoms with Crippen LogP contribution in [0.1, 0.15) is 29.8 Å². The van der Waals surface area contributed by atoms with Crippen LogP contribution in [-0.4, -0.2) is 24.6 Å². The summed E-state index contributed by atoms with van der Waals surface area (Å²) in [7, 11) is 0. The van der Waals surface area contributed by atoms with Crippen molar-refractivity contribution in [2.75, 3.05) is 12.3 Å². The second kappa shape index (κ2) is 6.17. The normalized spacial score (nSPS) is 10.4. The Hall–Kier alpha value is -2.11. The summed E-state index contributed by atoms with van der Waals surface area (Å²) < 4.78 is 22.9. The fraction of sp³-hybridized carbons (Fsp3) is 0.385. The molecule has 5 nitrogen and oxygen atoms in total. The summed E-state index contributed by atoms with van der Waals surface area (Å²) in [4.78, 5) is 22.8. The number of nitrogen functional groups attached to an aromatic ring is 1. The molecular weight excluding hydrogens is 253 g/mol. The van der Waals surface area contributed by atoms with Crippen LogP contribution in [0.15, 0.2) is 12.1 Å². The van der Waals surface area contributed by atoms with E-state index in [4.69, 9.17) is 15.2 Å². The van der Waals surface area contributed by atoms with E-state index in [2.05, 4.69) is 0 Å². The minimum Gasteiger partial charge on any atom is -0.460 e.